The zero-order chi connectivity index (χ0) is 32.1. The first kappa shape index (κ1) is 32.5. The molecular formula is C33H31ClFN3O5S2. The highest BCUT2D eigenvalue weighted by Crippen LogP contribution is 2.46. The van der Waals surface area contributed by atoms with Crippen LogP contribution in [0.4, 0.5) is 9.52 Å². The molecule has 12 heteroatoms. The van der Waals surface area contributed by atoms with Gasteiger partial charge in [0.25, 0.3) is 5.78 Å². The van der Waals surface area contributed by atoms with Crippen molar-refractivity contribution in [3.05, 3.63) is 99.8 Å². The number of carbonyl (C=O) groups excluding carboxylic acids is 2. The van der Waals surface area contributed by atoms with Gasteiger partial charge in [-0.15, -0.1) is 10.2 Å². The van der Waals surface area contributed by atoms with E-state index in [9.17, 15) is 19.1 Å². The number of aliphatic hydroxyl groups excluding tert-OH is 1. The maximum Gasteiger partial charge on any atom is 0.301 e. The normalized spacial score (nSPS) is 16.0. The number of carbonyl (C=O) groups is 2. The number of nitrogens with zero attached hydrogens (tertiary/aromatic N) is 3. The van der Waals surface area contributed by atoms with Crippen LogP contribution in [-0.4, -0.2) is 40.2 Å². The van der Waals surface area contributed by atoms with Crippen molar-refractivity contribution in [2.45, 2.75) is 43.3 Å². The molecule has 0 bridgehead atoms. The van der Waals surface area contributed by atoms with E-state index in [1.54, 1.807) is 24.3 Å². The smallest absolute Gasteiger partial charge is 0.301 e. The van der Waals surface area contributed by atoms with Crippen molar-refractivity contribution < 1.29 is 28.6 Å². The third kappa shape index (κ3) is 7.32. The molecule has 0 spiro atoms. The van der Waals surface area contributed by atoms with E-state index < -0.39 is 29.3 Å². The molecule has 0 radical (unpaired) electrons. The Morgan fingerprint density at radius 1 is 1.07 bits per heavy atom. The van der Waals surface area contributed by atoms with Gasteiger partial charge in [-0.3, -0.25) is 14.5 Å². The molecule has 234 valence electrons. The Morgan fingerprint density at radius 3 is 2.53 bits per heavy atom. The molecule has 0 aliphatic carbocycles. The molecule has 1 saturated heterocycles. The van der Waals surface area contributed by atoms with Gasteiger partial charge in [0.05, 0.1) is 24.8 Å². The lowest BCUT2D eigenvalue weighted by molar-refractivity contribution is -0.132. The van der Waals surface area contributed by atoms with Gasteiger partial charge in [-0.05, 0) is 72.9 Å². The SMILES string of the molecule is CCOc1cc(C2C(=C(O)c3ccc(F)cc3)C(=O)C(=O)N2c2nnc(SCc3ccccc3Cl)s2)ccc1OCCC(C)C. The average Bonchev–Trinajstić information content (AvgIpc) is 3.59. The van der Waals surface area contributed by atoms with Crippen LogP contribution in [0.5, 0.6) is 11.5 Å². The lowest BCUT2D eigenvalue weighted by Crippen LogP contribution is -2.29. The van der Waals surface area contributed by atoms with E-state index >= 15 is 0 Å². The van der Waals surface area contributed by atoms with Crippen molar-refractivity contribution in [3.63, 3.8) is 0 Å². The standard InChI is InChI=1S/C33H31ClFN3O5S2/c1-4-42-26-17-21(11-14-25(26)43-16-15-19(2)3)28-27(29(39)20-9-12-23(35)13-10-20)30(40)31(41)38(28)32-36-37-33(45-32)44-18-22-7-5-6-8-24(22)34/h5-14,17,19,28,39H,4,15-16,18H2,1-3H3. The second kappa shape index (κ2) is 14.4. The third-order valence-corrected chi connectivity index (χ3v) is 9.48. The number of anilines is 1. The topological polar surface area (TPSA) is 102 Å². The molecule has 1 atom stereocenters. The minimum atomic E-state index is -1.08. The summed E-state index contributed by atoms with van der Waals surface area (Å²) in [6.07, 6.45) is 0.846. The van der Waals surface area contributed by atoms with E-state index in [1.165, 1.54) is 40.9 Å². The highest BCUT2D eigenvalue weighted by molar-refractivity contribution is 8.00. The number of ether oxygens (including phenoxy) is 2. The second-order valence-corrected chi connectivity index (χ2v) is 13.2. The van der Waals surface area contributed by atoms with Crippen LogP contribution in [0.15, 0.2) is 76.6 Å². The number of thioether (sulfide) groups is 1. The molecule has 8 nitrogen and oxygen atoms in total. The molecule has 1 aliphatic heterocycles. The Hall–Kier alpha value is -3.93. The predicted molar refractivity (Wildman–Crippen MR) is 175 cm³/mol. The Labute approximate surface area is 273 Å². The van der Waals surface area contributed by atoms with Crippen molar-refractivity contribution in [1.29, 1.82) is 0 Å². The average molecular weight is 668 g/mol. The van der Waals surface area contributed by atoms with Crippen molar-refractivity contribution in [2.75, 3.05) is 18.1 Å². The fourth-order valence-corrected chi connectivity index (χ4v) is 6.86. The maximum absolute atomic E-state index is 13.7. The number of rotatable bonds is 12. The van der Waals surface area contributed by atoms with Crippen molar-refractivity contribution in [2.24, 2.45) is 5.92 Å². The van der Waals surface area contributed by atoms with Gasteiger partial charge in [0.2, 0.25) is 5.13 Å². The van der Waals surface area contributed by atoms with Crippen LogP contribution in [0.1, 0.15) is 49.9 Å². The molecule has 2 heterocycles. The molecule has 4 aromatic rings. The first-order chi connectivity index (χ1) is 21.7. The van der Waals surface area contributed by atoms with E-state index in [0.29, 0.717) is 51.3 Å². The van der Waals surface area contributed by atoms with Crippen molar-refractivity contribution in [3.8, 4) is 11.5 Å². The second-order valence-electron chi connectivity index (χ2n) is 10.6. The quantitative estimate of drug-likeness (QED) is 0.0532. The minimum Gasteiger partial charge on any atom is -0.507 e. The molecule has 5 rings (SSSR count). The van der Waals surface area contributed by atoms with Crippen molar-refractivity contribution >= 4 is 57.3 Å². The highest BCUT2D eigenvalue weighted by atomic mass is 35.5. The zero-order valence-corrected chi connectivity index (χ0v) is 27.2. The number of hydrogen-bond donors (Lipinski definition) is 1. The van der Waals surface area contributed by atoms with Gasteiger partial charge in [0.1, 0.15) is 11.6 Å². The number of benzene rings is 3. The summed E-state index contributed by atoms with van der Waals surface area (Å²) in [6.45, 7) is 6.89. The number of aromatic nitrogens is 2. The van der Waals surface area contributed by atoms with Crippen LogP contribution in [-0.2, 0) is 15.3 Å². The predicted octanol–water partition coefficient (Wildman–Crippen LogP) is 8.07. The Bertz CT molecular complexity index is 1730. The molecule has 1 unspecified atom stereocenters. The largest absolute Gasteiger partial charge is 0.507 e. The lowest BCUT2D eigenvalue weighted by atomic mass is 9.95. The van der Waals surface area contributed by atoms with Gasteiger partial charge >= 0.3 is 5.91 Å². The van der Waals surface area contributed by atoms with E-state index in [4.69, 9.17) is 21.1 Å². The van der Waals surface area contributed by atoms with E-state index in [-0.39, 0.29) is 16.3 Å². The fraction of sp³-hybridized carbons (Fsp3) is 0.273. The molecular weight excluding hydrogens is 637 g/mol. The molecule has 3 aromatic carbocycles. The van der Waals surface area contributed by atoms with Gasteiger partial charge < -0.3 is 14.6 Å². The van der Waals surface area contributed by atoms with Crippen molar-refractivity contribution in [1.82, 2.24) is 10.2 Å². The monoisotopic (exact) mass is 667 g/mol. The first-order valence-electron chi connectivity index (χ1n) is 14.3. The number of amides is 1. The van der Waals surface area contributed by atoms with E-state index in [0.717, 1.165) is 23.3 Å². The summed E-state index contributed by atoms with van der Waals surface area (Å²) in [4.78, 5) is 28.5. The molecule has 0 saturated carbocycles. The van der Waals surface area contributed by atoms with Crippen LogP contribution < -0.4 is 14.4 Å². The summed E-state index contributed by atoms with van der Waals surface area (Å²) >= 11 is 8.85. The van der Waals surface area contributed by atoms with Gasteiger partial charge in [-0.25, -0.2) is 4.39 Å². The number of halogens is 2. The molecule has 1 aliphatic rings. The fourth-order valence-electron chi connectivity index (χ4n) is 4.71. The molecule has 1 aromatic heterocycles. The Kier molecular flexibility index (Phi) is 10.4. The summed E-state index contributed by atoms with van der Waals surface area (Å²) in [7, 11) is 0. The summed E-state index contributed by atoms with van der Waals surface area (Å²) < 4.78 is 26.2. The van der Waals surface area contributed by atoms with Crippen LogP contribution in [0.3, 0.4) is 0 Å². The van der Waals surface area contributed by atoms with E-state index in [1.807, 2.05) is 25.1 Å². The first-order valence-corrected chi connectivity index (χ1v) is 16.5. The van der Waals surface area contributed by atoms with E-state index in [2.05, 4.69) is 24.0 Å². The third-order valence-electron chi connectivity index (χ3n) is 7.01. The molecule has 1 N–H and O–H groups in total. The summed E-state index contributed by atoms with van der Waals surface area (Å²) in [5.41, 5.74) is 1.42. The van der Waals surface area contributed by atoms with Crippen LogP contribution in [0, 0.1) is 11.7 Å². The number of Topliss-reactive ketones (excluding diaryl/α,β-unsaturated/α-hetero) is 1. The van der Waals surface area contributed by atoms with Gasteiger partial charge in [0.15, 0.2) is 15.8 Å². The summed E-state index contributed by atoms with van der Waals surface area (Å²) in [5, 5.41) is 20.7. The number of aliphatic hydroxyl groups is 1. The highest BCUT2D eigenvalue weighted by Gasteiger charge is 2.48. The molecule has 1 fully saturated rings. The lowest BCUT2D eigenvalue weighted by Gasteiger charge is -2.23. The Balaban J connectivity index is 1.56. The van der Waals surface area contributed by atoms with Gasteiger partial charge in [-0.2, -0.15) is 0 Å². The summed E-state index contributed by atoms with van der Waals surface area (Å²) in [5.74, 6) is -0.800. The van der Waals surface area contributed by atoms with Crippen LogP contribution in [0.25, 0.3) is 5.76 Å². The molecule has 1 amide bonds. The molecule has 45 heavy (non-hydrogen) atoms. The number of hydrogen-bond acceptors (Lipinski definition) is 9. The van der Waals surface area contributed by atoms with Gasteiger partial charge in [-0.1, -0.05) is 72.8 Å². The maximum atomic E-state index is 13.7. The Morgan fingerprint density at radius 2 is 1.82 bits per heavy atom. The van der Waals surface area contributed by atoms with Gasteiger partial charge in [0, 0.05) is 16.3 Å². The number of ketones is 1. The zero-order valence-electron chi connectivity index (χ0n) is 24.8. The van der Waals surface area contributed by atoms with Crippen LogP contribution >= 0.6 is 34.7 Å². The van der Waals surface area contributed by atoms with Crippen LogP contribution in [0.2, 0.25) is 5.02 Å². The minimum absolute atomic E-state index is 0.164. The summed E-state index contributed by atoms with van der Waals surface area (Å²) in [6, 6.07) is 16.6.